The van der Waals surface area contributed by atoms with E-state index in [4.69, 9.17) is 10.8 Å². The molecular formula is C11H13N3O5. The Labute approximate surface area is 108 Å². The van der Waals surface area contributed by atoms with Crippen molar-refractivity contribution in [3.63, 3.8) is 0 Å². The van der Waals surface area contributed by atoms with Crippen molar-refractivity contribution in [2.45, 2.75) is 12.8 Å². The monoisotopic (exact) mass is 267 g/mol. The van der Waals surface area contributed by atoms with Crippen molar-refractivity contribution >= 4 is 23.3 Å². The van der Waals surface area contributed by atoms with Gasteiger partial charge in [-0.05, 0) is 18.6 Å². The van der Waals surface area contributed by atoms with Crippen LogP contribution >= 0.6 is 0 Å². The Kier molecular flexibility index (Phi) is 4.81. The van der Waals surface area contributed by atoms with E-state index in [2.05, 4.69) is 5.32 Å². The van der Waals surface area contributed by atoms with Crippen molar-refractivity contribution in [3.8, 4) is 0 Å². The average Bonchev–Trinajstić information content (AvgIpc) is 2.33. The average molecular weight is 267 g/mol. The molecular weight excluding hydrogens is 254 g/mol. The van der Waals surface area contributed by atoms with Crippen LogP contribution in [0.2, 0.25) is 0 Å². The Morgan fingerprint density at radius 1 is 1.42 bits per heavy atom. The van der Waals surface area contributed by atoms with Crippen molar-refractivity contribution < 1.29 is 19.6 Å². The first-order valence-electron chi connectivity index (χ1n) is 5.45. The van der Waals surface area contributed by atoms with Crippen LogP contribution in [0.4, 0.5) is 11.4 Å². The number of amides is 1. The molecule has 0 aliphatic carbocycles. The number of nitro groups is 1. The first-order valence-corrected chi connectivity index (χ1v) is 5.45. The molecule has 102 valence electrons. The van der Waals surface area contributed by atoms with E-state index in [0.29, 0.717) is 6.42 Å². The summed E-state index contributed by atoms with van der Waals surface area (Å²) in [6.45, 7) is 0.245. The van der Waals surface area contributed by atoms with Gasteiger partial charge in [0.1, 0.15) is 5.69 Å². The third kappa shape index (κ3) is 4.26. The van der Waals surface area contributed by atoms with Crippen LogP contribution in [0.1, 0.15) is 23.2 Å². The minimum atomic E-state index is -0.942. The summed E-state index contributed by atoms with van der Waals surface area (Å²) in [5.41, 5.74) is 5.18. The summed E-state index contributed by atoms with van der Waals surface area (Å²) in [5, 5.41) is 22.0. The fourth-order valence-corrected chi connectivity index (χ4v) is 1.45. The van der Waals surface area contributed by atoms with E-state index in [1.54, 1.807) is 0 Å². The molecule has 0 unspecified atom stereocenters. The first kappa shape index (κ1) is 14.4. The molecule has 0 saturated carbocycles. The number of aliphatic carboxylic acids is 1. The van der Waals surface area contributed by atoms with E-state index in [1.807, 2.05) is 0 Å². The standard InChI is InChI=1S/C11H13N3O5/c12-11(17)7-3-4-9(14(18)19)8(6-7)13-5-1-2-10(15)16/h3-4,6,13H,1-2,5H2,(H2,12,17)(H,15,16). The highest BCUT2D eigenvalue weighted by Gasteiger charge is 2.15. The van der Waals surface area contributed by atoms with Gasteiger partial charge in [0, 0.05) is 24.6 Å². The van der Waals surface area contributed by atoms with Gasteiger partial charge in [-0.1, -0.05) is 0 Å². The zero-order chi connectivity index (χ0) is 14.4. The molecule has 0 heterocycles. The van der Waals surface area contributed by atoms with E-state index in [9.17, 15) is 19.7 Å². The molecule has 0 fully saturated rings. The normalized spacial score (nSPS) is 9.89. The van der Waals surface area contributed by atoms with E-state index in [1.165, 1.54) is 18.2 Å². The number of nitro benzene ring substituents is 1. The highest BCUT2D eigenvalue weighted by atomic mass is 16.6. The molecule has 4 N–H and O–H groups in total. The predicted octanol–water partition coefficient (Wildman–Crippen LogP) is 0.970. The van der Waals surface area contributed by atoms with Gasteiger partial charge in [0.15, 0.2) is 0 Å². The number of rotatable bonds is 7. The van der Waals surface area contributed by atoms with Crippen molar-refractivity contribution in [1.29, 1.82) is 0 Å². The molecule has 0 radical (unpaired) electrons. The second-order valence-electron chi connectivity index (χ2n) is 3.78. The van der Waals surface area contributed by atoms with Crippen LogP contribution in [0.25, 0.3) is 0 Å². The molecule has 0 aromatic heterocycles. The quantitative estimate of drug-likeness (QED) is 0.382. The van der Waals surface area contributed by atoms with Crippen LogP contribution in [0.15, 0.2) is 18.2 Å². The summed E-state index contributed by atoms with van der Waals surface area (Å²) in [6.07, 6.45) is 0.267. The summed E-state index contributed by atoms with van der Waals surface area (Å²) in [5.74, 6) is -1.63. The van der Waals surface area contributed by atoms with Crippen molar-refractivity contribution in [2.24, 2.45) is 5.73 Å². The van der Waals surface area contributed by atoms with Crippen LogP contribution in [-0.2, 0) is 4.79 Å². The third-order valence-corrected chi connectivity index (χ3v) is 2.36. The number of carboxylic acids is 1. The Hall–Kier alpha value is -2.64. The summed E-state index contributed by atoms with van der Waals surface area (Å²) in [6, 6.07) is 3.73. The maximum Gasteiger partial charge on any atom is 0.303 e. The van der Waals surface area contributed by atoms with E-state index < -0.39 is 16.8 Å². The van der Waals surface area contributed by atoms with Crippen LogP contribution in [0.5, 0.6) is 0 Å². The number of hydrogen-bond acceptors (Lipinski definition) is 5. The summed E-state index contributed by atoms with van der Waals surface area (Å²) >= 11 is 0. The molecule has 8 heteroatoms. The third-order valence-electron chi connectivity index (χ3n) is 2.36. The lowest BCUT2D eigenvalue weighted by Gasteiger charge is -2.07. The zero-order valence-corrected chi connectivity index (χ0v) is 9.96. The fourth-order valence-electron chi connectivity index (χ4n) is 1.45. The lowest BCUT2D eigenvalue weighted by molar-refractivity contribution is -0.384. The molecule has 0 aliphatic rings. The van der Waals surface area contributed by atoms with Gasteiger partial charge in [-0.25, -0.2) is 0 Å². The molecule has 0 saturated heterocycles. The van der Waals surface area contributed by atoms with Crippen molar-refractivity contribution in [2.75, 3.05) is 11.9 Å². The smallest absolute Gasteiger partial charge is 0.303 e. The molecule has 1 aromatic carbocycles. The predicted molar refractivity (Wildman–Crippen MR) is 67.0 cm³/mol. The maximum atomic E-state index is 11.0. The van der Waals surface area contributed by atoms with Gasteiger partial charge in [-0.3, -0.25) is 19.7 Å². The van der Waals surface area contributed by atoms with Crippen molar-refractivity contribution in [3.05, 3.63) is 33.9 Å². The fraction of sp³-hybridized carbons (Fsp3) is 0.273. The Morgan fingerprint density at radius 2 is 2.11 bits per heavy atom. The molecule has 0 atom stereocenters. The Morgan fingerprint density at radius 3 is 2.63 bits per heavy atom. The lowest BCUT2D eigenvalue weighted by atomic mass is 10.1. The van der Waals surface area contributed by atoms with Gasteiger partial charge in [0.05, 0.1) is 4.92 Å². The first-order chi connectivity index (χ1) is 8.91. The molecule has 1 aromatic rings. The second kappa shape index (κ2) is 6.34. The van der Waals surface area contributed by atoms with Gasteiger partial charge < -0.3 is 16.2 Å². The molecule has 8 nitrogen and oxygen atoms in total. The number of nitrogens with two attached hydrogens (primary N) is 1. The van der Waals surface area contributed by atoms with E-state index >= 15 is 0 Å². The van der Waals surface area contributed by atoms with Crippen molar-refractivity contribution in [1.82, 2.24) is 0 Å². The number of carboxylic acid groups (broad SMARTS) is 1. The second-order valence-corrected chi connectivity index (χ2v) is 3.78. The molecule has 19 heavy (non-hydrogen) atoms. The van der Waals surface area contributed by atoms with E-state index in [0.717, 1.165) is 0 Å². The van der Waals surface area contributed by atoms with Crippen LogP contribution in [-0.4, -0.2) is 28.5 Å². The highest BCUT2D eigenvalue weighted by molar-refractivity contribution is 5.94. The summed E-state index contributed by atoms with van der Waals surface area (Å²) in [7, 11) is 0. The van der Waals surface area contributed by atoms with Gasteiger partial charge >= 0.3 is 5.97 Å². The minimum absolute atomic E-state index is 0.0453. The largest absolute Gasteiger partial charge is 0.481 e. The van der Waals surface area contributed by atoms with E-state index in [-0.39, 0.29) is 29.9 Å². The molecule has 0 spiro atoms. The number of carbonyl (C=O) groups is 2. The molecule has 0 bridgehead atoms. The number of anilines is 1. The lowest BCUT2D eigenvalue weighted by Crippen LogP contribution is -2.12. The Balaban J connectivity index is 2.82. The van der Waals surface area contributed by atoms with Crippen LogP contribution in [0, 0.1) is 10.1 Å². The minimum Gasteiger partial charge on any atom is -0.481 e. The highest BCUT2D eigenvalue weighted by Crippen LogP contribution is 2.25. The number of nitrogens with zero attached hydrogens (tertiary/aromatic N) is 1. The Bertz CT molecular complexity index is 515. The number of primary amides is 1. The number of nitrogens with one attached hydrogen (secondary N) is 1. The molecule has 1 amide bonds. The number of carbonyl (C=O) groups excluding carboxylic acids is 1. The van der Waals surface area contributed by atoms with Crippen LogP contribution in [0.3, 0.4) is 0 Å². The summed E-state index contributed by atoms with van der Waals surface area (Å²) < 4.78 is 0. The molecule has 0 aliphatic heterocycles. The maximum absolute atomic E-state index is 11.0. The SMILES string of the molecule is NC(=O)c1ccc([N+](=O)[O-])c(NCCCC(=O)O)c1. The van der Waals surface area contributed by atoms with Gasteiger partial charge in [-0.15, -0.1) is 0 Å². The summed E-state index contributed by atoms with van der Waals surface area (Å²) in [4.78, 5) is 31.5. The number of benzene rings is 1. The van der Waals surface area contributed by atoms with Gasteiger partial charge in [0.2, 0.25) is 5.91 Å². The zero-order valence-electron chi connectivity index (χ0n) is 9.96. The number of hydrogen-bond donors (Lipinski definition) is 3. The van der Waals surface area contributed by atoms with Crippen LogP contribution < -0.4 is 11.1 Å². The van der Waals surface area contributed by atoms with Gasteiger partial charge in [-0.2, -0.15) is 0 Å². The topological polar surface area (TPSA) is 136 Å². The molecule has 1 rings (SSSR count). The van der Waals surface area contributed by atoms with Gasteiger partial charge in [0.25, 0.3) is 5.69 Å².